The number of non-ortho nitro benzene ring substituents is 1. The highest BCUT2D eigenvalue weighted by Gasteiger charge is 2.11. The lowest BCUT2D eigenvalue weighted by molar-refractivity contribution is -0.384. The van der Waals surface area contributed by atoms with E-state index in [2.05, 4.69) is 18.5 Å². The van der Waals surface area contributed by atoms with Crippen molar-refractivity contribution in [1.82, 2.24) is 4.90 Å². The van der Waals surface area contributed by atoms with E-state index >= 15 is 0 Å². The second-order valence-electron chi connectivity index (χ2n) is 3.72. The Bertz CT molecular complexity index is 472. The molecule has 6 heteroatoms. The largest absolute Gasteiger partial charge is 0.322 e. The molecule has 2 amide bonds. The minimum Gasteiger partial charge on any atom is -0.317 e. The van der Waals surface area contributed by atoms with Crippen LogP contribution in [0.25, 0.3) is 0 Å². The molecule has 0 bridgehead atoms. The summed E-state index contributed by atoms with van der Waals surface area (Å²) in [6.45, 7) is 7.93. The van der Waals surface area contributed by atoms with Crippen molar-refractivity contribution in [3.05, 3.63) is 59.7 Å². The van der Waals surface area contributed by atoms with E-state index < -0.39 is 4.92 Å². The molecular weight excluding hydrogens is 246 g/mol. The number of carbonyl (C=O) groups excluding carboxylic acids is 1. The summed E-state index contributed by atoms with van der Waals surface area (Å²) in [5.74, 6) is 0. The van der Waals surface area contributed by atoms with Crippen LogP contribution in [0.5, 0.6) is 0 Å². The van der Waals surface area contributed by atoms with Crippen molar-refractivity contribution in [2.75, 3.05) is 18.4 Å². The molecule has 0 fully saturated rings. The van der Waals surface area contributed by atoms with E-state index in [0.717, 1.165) is 0 Å². The standard InChI is InChI=1S/C13H15N3O3/c1-3-9-15(10-4-2)13(17)14-11-5-7-12(8-6-11)16(18)19/h3-8H,1-2,9-10H2,(H,14,17). The molecule has 0 saturated carbocycles. The van der Waals surface area contributed by atoms with Gasteiger partial charge < -0.3 is 10.2 Å². The van der Waals surface area contributed by atoms with E-state index in [-0.39, 0.29) is 11.7 Å². The number of urea groups is 1. The molecule has 0 aromatic heterocycles. The van der Waals surface area contributed by atoms with Crippen molar-refractivity contribution in [3.8, 4) is 0 Å². The zero-order valence-corrected chi connectivity index (χ0v) is 10.4. The molecule has 0 radical (unpaired) electrons. The van der Waals surface area contributed by atoms with Gasteiger partial charge in [-0.25, -0.2) is 4.79 Å². The number of nitrogens with zero attached hydrogens (tertiary/aromatic N) is 2. The molecular formula is C13H15N3O3. The summed E-state index contributed by atoms with van der Waals surface area (Å²) in [4.78, 5) is 23.4. The van der Waals surface area contributed by atoms with Crippen molar-refractivity contribution in [1.29, 1.82) is 0 Å². The molecule has 0 aliphatic rings. The van der Waals surface area contributed by atoms with Crippen LogP contribution in [0.15, 0.2) is 49.6 Å². The Morgan fingerprint density at radius 2 is 1.79 bits per heavy atom. The fourth-order valence-electron chi connectivity index (χ4n) is 1.42. The van der Waals surface area contributed by atoms with Gasteiger partial charge in [-0.3, -0.25) is 10.1 Å². The first-order valence-electron chi connectivity index (χ1n) is 5.60. The van der Waals surface area contributed by atoms with Crippen molar-refractivity contribution in [3.63, 3.8) is 0 Å². The van der Waals surface area contributed by atoms with Gasteiger partial charge in [0.25, 0.3) is 5.69 Å². The minimum absolute atomic E-state index is 0.0213. The van der Waals surface area contributed by atoms with Gasteiger partial charge in [-0.15, -0.1) is 13.2 Å². The Kier molecular flexibility index (Phi) is 5.28. The molecule has 0 saturated heterocycles. The average molecular weight is 261 g/mol. The van der Waals surface area contributed by atoms with Gasteiger partial charge in [0.2, 0.25) is 0 Å². The normalized spacial score (nSPS) is 9.47. The molecule has 0 heterocycles. The molecule has 100 valence electrons. The van der Waals surface area contributed by atoms with Gasteiger partial charge in [-0.1, -0.05) is 12.2 Å². The zero-order valence-electron chi connectivity index (χ0n) is 10.4. The molecule has 1 aromatic rings. The zero-order chi connectivity index (χ0) is 14.3. The summed E-state index contributed by atoms with van der Waals surface area (Å²) < 4.78 is 0. The van der Waals surface area contributed by atoms with E-state index in [9.17, 15) is 14.9 Å². The van der Waals surface area contributed by atoms with E-state index in [0.29, 0.717) is 18.8 Å². The summed E-state index contributed by atoms with van der Waals surface area (Å²) in [6.07, 6.45) is 3.22. The molecule has 0 aliphatic carbocycles. The predicted molar refractivity (Wildman–Crippen MR) is 74.1 cm³/mol. The van der Waals surface area contributed by atoms with Crippen LogP contribution in [0.4, 0.5) is 16.2 Å². The van der Waals surface area contributed by atoms with Crippen molar-refractivity contribution < 1.29 is 9.72 Å². The number of rotatable bonds is 6. The number of hydrogen-bond acceptors (Lipinski definition) is 3. The molecule has 6 nitrogen and oxygen atoms in total. The van der Waals surface area contributed by atoms with E-state index in [4.69, 9.17) is 0 Å². The SMILES string of the molecule is C=CCN(CC=C)C(=O)Nc1ccc([N+](=O)[O-])cc1. The molecule has 0 atom stereocenters. The average Bonchev–Trinajstić information content (AvgIpc) is 2.39. The Balaban J connectivity index is 2.71. The molecule has 0 unspecified atom stereocenters. The molecule has 1 rings (SSSR count). The lowest BCUT2D eigenvalue weighted by atomic mass is 10.3. The van der Waals surface area contributed by atoms with E-state index in [1.807, 2.05) is 0 Å². The highest BCUT2D eigenvalue weighted by molar-refractivity contribution is 5.89. The third-order valence-electron chi connectivity index (χ3n) is 2.32. The van der Waals surface area contributed by atoms with Crippen LogP contribution in [0.2, 0.25) is 0 Å². The number of amides is 2. The number of carbonyl (C=O) groups is 1. The maximum atomic E-state index is 11.9. The van der Waals surface area contributed by atoms with Crippen LogP contribution in [0.1, 0.15) is 0 Å². The summed E-state index contributed by atoms with van der Waals surface area (Å²) in [5, 5.41) is 13.1. The lowest BCUT2D eigenvalue weighted by Crippen LogP contribution is -2.35. The van der Waals surface area contributed by atoms with Crippen LogP contribution in [0.3, 0.4) is 0 Å². The van der Waals surface area contributed by atoms with Gasteiger partial charge in [0, 0.05) is 30.9 Å². The highest BCUT2D eigenvalue weighted by atomic mass is 16.6. The Morgan fingerprint density at radius 1 is 1.26 bits per heavy atom. The third-order valence-corrected chi connectivity index (χ3v) is 2.32. The topological polar surface area (TPSA) is 75.5 Å². The highest BCUT2D eigenvalue weighted by Crippen LogP contribution is 2.15. The number of benzene rings is 1. The van der Waals surface area contributed by atoms with Gasteiger partial charge in [0.15, 0.2) is 0 Å². The number of nitrogens with one attached hydrogen (secondary N) is 1. The fraction of sp³-hybridized carbons (Fsp3) is 0.154. The van der Waals surface area contributed by atoms with Crippen LogP contribution in [-0.2, 0) is 0 Å². The van der Waals surface area contributed by atoms with Gasteiger partial charge in [0.1, 0.15) is 0 Å². The Labute approximate surface area is 111 Å². The van der Waals surface area contributed by atoms with Crippen molar-refractivity contribution >= 4 is 17.4 Å². The monoisotopic (exact) mass is 261 g/mol. The summed E-state index contributed by atoms with van der Waals surface area (Å²) in [6, 6.07) is 5.32. The number of nitro groups is 1. The fourth-order valence-corrected chi connectivity index (χ4v) is 1.42. The summed E-state index contributed by atoms with van der Waals surface area (Å²) in [7, 11) is 0. The van der Waals surface area contributed by atoms with Gasteiger partial charge >= 0.3 is 6.03 Å². The van der Waals surface area contributed by atoms with Gasteiger partial charge in [0.05, 0.1) is 4.92 Å². The summed E-state index contributed by atoms with van der Waals surface area (Å²) >= 11 is 0. The summed E-state index contributed by atoms with van der Waals surface area (Å²) in [5.41, 5.74) is 0.473. The number of anilines is 1. The van der Waals surface area contributed by atoms with Crippen LogP contribution >= 0.6 is 0 Å². The molecule has 1 N–H and O–H groups in total. The first-order valence-corrected chi connectivity index (χ1v) is 5.60. The van der Waals surface area contributed by atoms with Crippen LogP contribution in [0, 0.1) is 10.1 Å². The van der Waals surface area contributed by atoms with Gasteiger partial charge in [-0.05, 0) is 12.1 Å². The smallest absolute Gasteiger partial charge is 0.317 e. The first-order chi connectivity index (χ1) is 9.08. The molecule has 0 spiro atoms. The Morgan fingerprint density at radius 3 is 2.21 bits per heavy atom. The first kappa shape index (κ1) is 14.4. The van der Waals surface area contributed by atoms with E-state index in [1.54, 1.807) is 12.2 Å². The quantitative estimate of drug-likeness (QED) is 0.486. The van der Waals surface area contributed by atoms with Crippen molar-refractivity contribution in [2.24, 2.45) is 0 Å². The Hall–Kier alpha value is -2.63. The minimum atomic E-state index is -0.493. The maximum Gasteiger partial charge on any atom is 0.322 e. The molecule has 1 aromatic carbocycles. The number of nitro benzene ring substituents is 1. The van der Waals surface area contributed by atoms with Crippen LogP contribution in [-0.4, -0.2) is 28.9 Å². The van der Waals surface area contributed by atoms with Crippen LogP contribution < -0.4 is 5.32 Å². The van der Waals surface area contributed by atoms with Gasteiger partial charge in [-0.2, -0.15) is 0 Å². The van der Waals surface area contributed by atoms with E-state index in [1.165, 1.54) is 29.2 Å². The lowest BCUT2D eigenvalue weighted by Gasteiger charge is -2.19. The van der Waals surface area contributed by atoms with Crippen molar-refractivity contribution in [2.45, 2.75) is 0 Å². The maximum absolute atomic E-state index is 11.9. The molecule has 19 heavy (non-hydrogen) atoms. The third kappa shape index (κ3) is 4.27. The molecule has 0 aliphatic heterocycles. The predicted octanol–water partition coefficient (Wildman–Crippen LogP) is 2.80. The second-order valence-corrected chi connectivity index (χ2v) is 3.72. The second kappa shape index (κ2) is 6.95. The number of hydrogen-bond donors (Lipinski definition) is 1.